The minimum atomic E-state index is -1.32. The molecule has 3 rings (SSSR count). The van der Waals surface area contributed by atoms with Crippen molar-refractivity contribution in [3.05, 3.63) is 0 Å². The molecule has 34 heavy (non-hydrogen) atoms. The Kier molecular flexibility index (Phi) is 13.2. The Morgan fingerprint density at radius 3 is 1.85 bits per heavy atom. The molecule has 3 aliphatic carbocycles. The maximum atomic E-state index is 15.1. The SMILES string of the molecule is CCCCCCCC1CCC(C2CCC(C3CCC(COCCCCC)C(F)C3F)CC2)CC1. The lowest BCUT2D eigenvalue weighted by atomic mass is 9.64. The highest BCUT2D eigenvalue weighted by atomic mass is 19.2. The first-order valence-corrected chi connectivity index (χ1v) is 15.5. The third-order valence-corrected chi connectivity index (χ3v) is 9.95. The molecule has 0 radical (unpaired) electrons. The van der Waals surface area contributed by atoms with Gasteiger partial charge in [-0.3, -0.25) is 0 Å². The van der Waals surface area contributed by atoms with Gasteiger partial charge in [0.2, 0.25) is 0 Å². The second-order valence-electron chi connectivity index (χ2n) is 12.3. The predicted molar refractivity (Wildman–Crippen MR) is 141 cm³/mol. The Morgan fingerprint density at radius 1 is 0.588 bits per heavy atom. The lowest BCUT2D eigenvalue weighted by Crippen LogP contribution is -2.43. The summed E-state index contributed by atoms with van der Waals surface area (Å²) in [6, 6.07) is 0. The van der Waals surface area contributed by atoms with Crippen LogP contribution in [0.3, 0.4) is 0 Å². The van der Waals surface area contributed by atoms with Gasteiger partial charge in [0, 0.05) is 12.5 Å². The van der Waals surface area contributed by atoms with E-state index in [0.717, 1.165) is 62.7 Å². The zero-order chi connectivity index (χ0) is 24.2. The molecular weight excluding hydrogens is 426 g/mol. The number of unbranched alkanes of at least 4 members (excludes halogenated alkanes) is 6. The number of rotatable bonds is 14. The molecule has 3 fully saturated rings. The molecular formula is C31H56F2O. The molecule has 0 aromatic heterocycles. The van der Waals surface area contributed by atoms with E-state index < -0.39 is 12.3 Å². The fraction of sp³-hybridized carbons (Fsp3) is 1.00. The molecule has 0 amide bonds. The van der Waals surface area contributed by atoms with Gasteiger partial charge in [0.05, 0.1) is 6.61 Å². The maximum absolute atomic E-state index is 15.1. The van der Waals surface area contributed by atoms with Crippen LogP contribution >= 0.6 is 0 Å². The summed E-state index contributed by atoms with van der Waals surface area (Å²) in [5.41, 5.74) is 0. The van der Waals surface area contributed by atoms with Crippen LogP contribution in [0.25, 0.3) is 0 Å². The number of halogens is 2. The topological polar surface area (TPSA) is 9.23 Å². The summed E-state index contributed by atoms with van der Waals surface area (Å²) in [7, 11) is 0. The Bertz CT molecular complexity index is 510. The van der Waals surface area contributed by atoms with Crippen LogP contribution in [0.2, 0.25) is 0 Å². The van der Waals surface area contributed by atoms with E-state index in [2.05, 4.69) is 13.8 Å². The molecule has 0 aliphatic heterocycles. The van der Waals surface area contributed by atoms with E-state index in [-0.39, 0.29) is 11.8 Å². The van der Waals surface area contributed by atoms with Gasteiger partial charge in [-0.1, -0.05) is 78.1 Å². The average Bonchev–Trinajstić information content (AvgIpc) is 2.87. The van der Waals surface area contributed by atoms with Crippen molar-refractivity contribution < 1.29 is 13.5 Å². The quantitative estimate of drug-likeness (QED) is 0.224. The highest BCUT2D eigenvalue weighted by molar-refractivity contribution is 4.93. The monoisotopic (exact) mass is 482 g/mol. The third kappa shape index (κ3) is 8.74. The first kappa shape index (κ1) is 28.4. The molecule has 0 saturated heterocycles. The zero-order valence-corrected chi connectivity index (χ0v) is 22.6. The van der Waals surface area contributed by atoms with Crippen LogP contribution in [0.1, 0.15) is 136 Å². The van der Waals surface area contributed by atoms with Gasteiger partial charge in [-0.2, -0.15) is 0 Å². The van der Waals surface area contributed by atoms with Crippen molar-refractivity contribution in [2.75, 3.05) is 13.2 Å². The molecule has 4 atom stereocenters. The summed E-state index contributed by atoms with van der Waals surface area (Å²) in [6.07, 6.45) is 21.5. The van der Waals surface area contributed by atoms with Gasteiger partial charge >= 0.3 is 0 Å². The largest absolute Gasteiger partial charge is 0.381 e. The first-order chi connectivity index (χ1) is 16.6. The standard InChI is InChI=1S/C31H56F2O/c1-3-5-7-8-9-11-24-12-14-25(15-13-24)26-16-18-27(19-17-26)29-21-20-28(30(32)31(29)33)23-34-22-10-6-4-2/h24-31H,3-23H2,1-2H3. The number of hydrogen-bond donors (Lipinski definition) is 0. The fourth-order valence-electron chi connectivity index (χ4n) is 7.61. The summed E-state index contributed by atoms with van der Waals surface area (Å²) in [6.45, 7) is 5.57. The lowest BCUT2D eigenvalue weighted by molar-refractivity contribution is -0.0425. The average molecular weight is 483 g/mol. The molecule has 0 N–H and O–H groups in total. The van der Waals surface area contributed by atoms with E-state index in [1.165, 1.54) is 77.0 Å². The van der Waals surface area contributed by atoms with Crippen molar-refractivity contribution in [3.63, 3.8) is 0 Å². The van der Waals surface area contributed by atoms with Crippen LogP contribution in [-0.4, -0.2) is 25.6 Å². The van der Waals surface area contributed by atoms with E-state index in [4.69, 9.17) is 4.74 Å². The van der Waals surface area contributed by atoms with Gasteiger partial charge in [-0.15, -0.1) is 0 Å². The smallest absolute Gasteiger partial charge is 0.136 e. The van der Waals surface area contributed by atoms with Gasteiger partial charge in [-0.05, 0) is 87.4 Å². The Hall–Kier alpha value is -0.180. The minimum Gasteiger partial charge on any atom is -0.381 e. The molecule has 3 saturated carbocycles. The van der Waals surface area contributed by atoms with Gasteiger partial charge in [0.15, 0.2) is 0 Å². The van der Waals surface area contributed by atoms with E-state index in [0.29, 0.717) is 19.1 Å². The zero-order valence-electron chi connectivity index (χ0n) is 22.6. The van der Waals surface area contributed by atoms with E-state index in [1.54, 1.807) is 0 Å². The van der Waals surface area contributed by atoms with Crippen molar-refractivity contribution >= 4 is 0 Å². The Labute approximate surface area is 210 Å². The predicted octanol–water partition coefficient (Wildman–Crippen LogP) is 9.87. The Morgan fingerprint density at radius 2 is 1.18 bits per heavy atom. The van der Waals surface area contributed by atoms with Gasteiger partial charge in [-0.25, -0.2) is 8.78 Å². The number of hydrogen-bond acceptors (Lipinski definition) is 1. The van der Waals surface area contributed by atoms with Crippen LogP contribution in [0.5, 0.6) is 0 Å². The van der Waals surface area contributed by atoms with Crippen molar-refractivity contribution in [1.82, 2.24) is 0 Å². The molecule has 200 valence electrons. The maximum Gasteiger partial charge on any atom is 0.136 e. The number of ether oxygens (including phenoxy) is 1. The van der Waals surface area contributed by atoms with E-state index in [1.807, 2.05) is 0 Å². The van der Waals surface area contributed by atoms with Gasteiger partial charge in [0.1, 0.15) is 12.3 Å². The molecule has 0 bridgehead atoms. The van der Waals surface area contributed by atoms with Crippen LogP contribution in [0.15, 0.2) is 0 Å². The molecule has 1 nitrogen and oxygen atoms in total. The molecule has 0 heterocycles. The van der Waals surface area contributed by atoms with Crippen molar-refractivity contribution in [3.8, 4) is 0 Å². The summed E-state index contributed by atoms with van der Waals surface area (Å²) >= 11 is 0. The second kappa shape index (κ2) is 15.8. The second-order valence-corrected chi connectivity index (χ2v) is 12.3. The molecule has 0 aromatic rings. The summed E-state index contributed by atoms with van der Waals surface area (Å²) in [5.74, 6) is 2.88. The van der Waals surface area contributed by atoms with Crippen molar-refractivity contribution in [1.29, 1.82) is 0 Å². The summed E-state index contributed by atoms with van der Waals surface area (Å²) < 4.78 is 35.8. The highest BCUT2D eigenvalue weighted by Gasteiger charge is 2.44. The van der Waals surface area contributed by atoms with Crippen molar-refractivity contribution in [2.24, 2.45) is 35.5 Å². The number of alkyl halides is 2. The van der Waals surface area contributed by atoms with Crippen LogP contribution in [0.4, 0.5) is 8.78 Å². The third-order valence-electron chi connectivity index (χ3n) is 9.95. The first-order valence-electron chi connectivity index (χ1n) is 15.5. The van der Waals surface area contributed by atoms with Crippen LogP contribution < -0.4 is 0 Å². The van der Waals surface area contributed by atoms with E-state index in [9.17, 15) is 4.39 Å². The minimum absolute atomic E-state index is 0.0456. The molecule has 4 unspecified atom stereocenters. The van der Waals surface area contributed by atoms with Gasteiger partial charge in [0.25, 0.3) is 0 Å². The van der Waals surface area contributed by atoms with E-state index >= 15 is 4.39 Å². The summed E-state index contributed by atoms with van der Waals surface area (Å²) in [5, 5.41) is 0. The lowest BCUT2D eigenvalue weighted by Gasteiger charge is -2.43. The van der Waals surface area contributed by atoms with Crippen LogP contribution in [0, 0.1) is 35.5 Å². The highest BCUT2D eigenvalue weighted by Crippen LogP contribution is 2.47. The van der Waals surface area contributed by atoms with Crippen LogP contribution in [-0.2, 0) is 4.74 Å². The summed E-state index contributed by atoms with van der Waals surface area (Å²) in [4.78, 5) is 0. The van der Waals surface area contributed by atoms with Crippen molar-refractivity contribution in [2.45, 2.75) is 148 Å². The fourth-order valence-corrected chi connectivity index (χ4v) is 7.61. The molecule has 0 aromatic carbocycles. The Balaban J connectivity index is 1.31. The van der Waals surface area contributed by atoms with Gasteiger partial charge < -0.3 is 4.74 Å². The molecule has 3 heteroatoms. The normalized spacial score (nSPS) is 37.1. The molecule has 3 aliphatic rings. The molecule has 0 spiro atoms.